The van der Waals surface area contributed by atoms with Crippen molar-refractivity contribution >= 4 is 11.6 Å². The van der Waals surface area contributed by atoms with Gasteiger partial charge in [0.15, 0.2) is 6.61 Å². The van der Waals surface area contributed by atoms with E-state index in [-0.39, 0.29) is 12.5 Å². The lowest BCUT2D eigenvalue weighted by molar-refractivity contribution is -0.118. The van der Waals surface area contributed by atoms with E-state index in [9.17, 15) is 4.79 Å². The fourth-order valence-corrected chi connectivity index (χ4v) is 2.76. The van der Waals surface area contributed by atoms with Crippen LogP contribution in [0.2, 0.25) is 0 Å². The minimum absolute atomic E-state index is 0.111. The molecule has 0 unspecified atom stereocenters. The van der Waals surface area contributed by atoms with Gasteiger partial charge in [0, 0.05) is 12.0 Å². The number of hydrogen-bond acceptors (Lipinski definition) is 6. The summed E-state index contributed by atoms with van der Waals surface area (Å²) >= 11 is 0. The number of aromatic nitrogens is 2. The molecule has 0 aliphatic rings. The third kappa shape index (κ3) is 5.57. The molecule has 0 atom stereocenters. The number of amides is 1. The summed E-state index contributed by atoms with van der Waals surface area (Å²) in [5.41, 5.74) is 2.47. The van der Waals surface area contributed by atoms with Gasteiger partial charge in [-0.25, -0.2) is 0 Å². The van der Waals surface area contributed by atoms with Crippen LogP contribution in [0, 0.1) is 6.92 Å². The van der Waals surface area contributed by atoms with Crippen LogP contribution < -0.4 is 14.8 Å². The van der Waals surface area contributed by atoms with Crippen LogP contribution in [0.5, 0.6) is 11.5 Å². The molecule has 0 aliphatic carbocycles. The number of carbonyl (C=O) groups excluding carboxylic acids is 1. The van der Waals surface area contributed by atoms with Crippen molar-refractivity contribution in [2.45, 2.75) is 33.1 Å². The van der Waals surface area contributed by atoms with Crippen LogP contribution in [-0.4, -0.2) is 29.8 Å². The molecule has 152 valence electrons. The molecule has 7 nitrogen and oxygen atoms in total. The summed E-state index contributed by atoms with van der Waals surface area (Å²) in [5.74, 6) is 2.11. The van der Waals surface area contributed by atoms with E-state index >= 15 is 0 Å². The Morgan fingerprint density at radius 1 is 1.17 bits per heavy atom. The molecule has 1 heterocycles. The predicted molar refractivity (Wildman–Crippen MR) is 110 cm³/mol. The number of carbonyl (C=O) groups is 1. The average molecular weight is 395 g/mol. The average Bonchev–Trinajstić information content (AvgIpc) is 3.20. The molecule has 1 N–H and O–H groups in total. The molecule has 1 amide bonds. The minimum Gasteiger partial charge on any atom is -0.495 e. The van der Waals surface area contributed by atoms with Crippen LogP contribution in [0.25, 0.3) is 11.4 Å². The Morgan fingerprint density at radius 2 is 1.97 bits per heavy atom. The Bertz CT molecular complexity index is 951. The van der Waals surface area contributed by atoms with E-state index < -0.39 is 0 Å². The number of aryl methyl sites for hydroxylation is 2. The molecule has 3 aromatic rings. The van der Waals surface area contributed by atoms with Gasteiger partial charge in [-0.1, -0.05) is 24.6 Å². The van der Waals surface area contributed by atoms with Gasteiger partial charge in [0.25, 0.3) is 5.91 Å². The van der Waals surface area contributed by atoms with E-state index in [0.717, 1.165) is 30.4 Å². The second-order valence-electron chi connectivity index (χ2n) is 6.68. The zero-order chi connectivity index (χ0) is 20.6. The van der Waals surface area contributed by atoms with Gasteiger partial charge in [0.05, 0.1) is 12.8 Å². The Hall–Kier alpha value is -3.35. The molecule has 1 aromatic heterocycles. The molecular formula is C22H25N3O4. The maximum absolute atomic E-state index is 12.2. The molecule has 0 spiro atoms. The van der Waals surface area contributed by atoms with Crippen LogP contribution in [0.4, 0.5) is 5.69 Å². The predicted octanol–water partition coefficient (Wildman–Crippen LogP) is 4.41. The molecule has 2 aromatic carbocycles. The number of hydrogen-bond donors (Lipinski definition) is 1. The normalized spacial score (nSPS) is 10.6. The van der Waals surface area contributed by atoms with Gasteiger partial charge in [0.2, 0.25) is 11.7 Å². The van der Waals surface area contributed by atoms with Crippen molar-refractivity contribution in [2.24, 2.45) is 0 Å². The largest absolute Gasteiger partial charge is 0.495 e. The second-order valence-corrected chi connectivity index (χ2v) is 6.68. The summed E-state index contributed by atoms with van der Waals surface area (Å²) in [5, 5.41) is 6.82. The lowest BCUT2D eigenvalue weighted by atomic mass is 10.2. The van der Waals surface area contributed by atoms with Crippen LogP contribution in [0.1, 0.15) is 31.2 Å². The van der Waals surface area contributed by atoms with Crippen LogP contribution >= 0.6 is 0 Å². The first kappa shape index (κ1) is 20.4. The molecule has 0 saturated carbocycles. The number of rotatable bonds is 9. The molecule has 0 fully saturated rings. The second kappa shape index (κ2) is 9.73. The van der Waals surface area contributed by atoms with Crippen molar-refractivity contribution in [3.8, 4) is 22.9 Å². The van der Waals surface area contributed by atoms with Crippen molar-refractivity contribution in [2.75, 3.05) is 19.0 Å². The lowest BCUT2D eigenvalue weighted by Crippen LogP contribution is -2.20. The maximum Gasteiger partial charge on any atom is 0.262 e. The van der Waals surface area contributed by atoms with Gasteiger partial charge in [0.1, 0.15) is 11.5 Å². The molecule has 29 heavy (non-hydrogen) atoms. The number of unbranched alkanes of at least 4 members (excludes halogenated alkanes) is 1. The quantitative estimate of drug-likeness (QED) is 0.577. The van der Waals surface area contributed by atoms with E-state index in [0.29, 0.717) is 28.9 Å². The third-order valence-corrected chi connectivity index (χ3v) is 4.32. The van der Waals surface area contributed by atoms with Crippen molar-refractivity contribution in [3.63, 3.8) is 0 Å². The Kier molecular flexibility index (Phi) is 6.84. The first-order chi connectivity index (χ1) is 14.1. The summed E-state index contributed by atoms with van der Waals surface area (Å²) in [4.78, 5) is 16.6. The molecule has 0 aliphatic heterocycles. The molecule has 0 saturated heterocycles. The topological polar surface area (TPSA) is 86.5 Å². The minimum atomic E-state index is -0.267. The monoisotopic (exact) mass is 395 g/mol. The van der Waals surface area contributed by atoms with E-state index in [1.165, 1.54) is 0 Å². The van der Waals surface area contributed by atoms with Crippen LogP contribution in [0.15, 0.2) is 47.0 Å². The fraction of sp³-hybridized carbons (Fsp3) is 0.318. The summed E-state index contributed by atoms with van der Waals surface area (Å²) in [6.45, 7) is 3.96. The van der Waals surface area contributed by atoms with Gasteiger partial charge in [-0.05, 0) is 55.3 Å². The zero-order valence-corrected chi connectivity index (χ0v) is 16.9. The number of anilines is 1. The van der Waals surface area contributed by atoms with E-state index in [2.05, 4.69) is 22.4 Å². The molecule has 0 bridgehead atoms. The van der Waals surface area contributed by atoms with Gasteiger partial charge < -0.3 is 19.3 Å². The molecule has 7 heteroatoms. The number of nitrogens with one attached hydrogen (secondary N) is 1. The lowest BCUT2D eigenvalue weighted by Gasteiger charge is -2.11. The molecular weight excluding hydrogens is 370 g/mol. The van der Waals surface area contributed by atoms with Gasteiger partial charge in [-0.2, -0.15) is 4.98 Å². The third-order valence-electron chi connectivity index (χ3n) is 4.32. The smallest absolute Gasteiger partial charge is 0.262 e. The van der Waals surface area contributed by atoms with Crippen molar-refractivity contribution in [3.05, 3.63) is 53.9 Å². The van der Waals surface area contributed by atoms with Crippen molar-refractivity contribution in [1.82, 2.24) is 10.1 Å². The van der Waals surface area contributed by atoms with Gasteiger partial charge in [-0.15, -0.1) is 0 Å². The standard InChI is InChI=1S/C22H25N3O4/c1-4-5-6-21-24-22(25-29-21)16-8-10-17(11-9-16)28-14-20(26)23-18-13-15(2)7-12-19(18)27-3/h7-13H,4-6,14H2,1-3H3,(H,23,26). The summed E-state index contributed by atoms with van der Waals surface area (Å²) in [6, 6.07) is 12.8. The number of ether oxygens (including phenoxy) is 2. The van der Waals surface area contributed by atoms with Crippen LogP contribution in [0.3, 0.4) is 0 Å². The van der Waals surface area contributed by atoms with Crippen molar-refractivity contribution in [1.29, 1.82) is 0 Å². The maximum atomic E-state index is 12.2. The summed E-state index contributed by atoms with van der Waals surface area (Å²) in [6.07, 6.45) is 2.88. The highest BCUT2D eigenvalue weighted by atomic mass is 16.5. The van der Waals surface area contributed by atoms with Gasteiger partial charge in [-0.3, -0.25) is 4.79 Å². The van der Waals surface area contributed by atoms with E-state index in [4.69, 9.17) is 14.0 Å². The summed E-state index contributed by atoms with van der Waals surface area (Å²) < 4.78 is 16.1. The Morgan fingerprint density at radius 3 is 2.69 bits per heavy atom. The number of methoxy groups -OCH3 is 1. The Balaban J connectivity index is 1.55. The number of benzene rings is 2. The highest BCUT2D eigenvalue weighted by Gasteiger charge is 2.10. The van der Waals surface area contributed by atoms with Crippen LogP contribution in [-0.2, 0) is 11.2 Å². The first-order valence-electron chi connectivity index (χ1n) is 9.59. The fourth-order valence-electron chi connectivity index (χ4n) is 2.76. The number of nitrogens with zero attached hydrogens (tertiary/aromatic N) is 2. The van der Waals surface area contributed by atoms with E-state index in [1.54, 1.807) is 19.2 Å². The zero-order valence-electron chi connectivity index (χ0n) is 16.9. The first-order valence-corrected chi connectivity index (χ1v) is 9.59. The SMILES string of the molecule is CCCCc1nc(-c2ccc(OCC(=O)Nc3cc(C)ccc3OC)cc2)no1. The van der Waals surface area contributed by atoms with Gasteiger partial charge >= 0.3 is 0 Å². The highest BCUT2D eigenvalue weighted by molar-refractivity contribution is 5.93. The Labute approximate surface area is 170 Å². The molecule has 3 rings (SSSR count). The van der Waals surface area contributed by atoms with Crippen molar-refractivity contribution < 1.29 is 18.8 Å². The molecule has 0 radical (unpaired) electrons. The van der Waals surface area contributed by atoms with E-state index in [1.807, 2.05) is 37.3 Å². The summed E-state index contributed by atoms with van der Waals surface area (Å²) in [7, 11) is 1.56. The highest BCUT2D eigenvalue weighted by Crippen LogP contribution is 2.25.